The molecule has 0 aliphatic heterocycles. The van der Waals surface area contributed by atoms with E-state index in [4.69, 9.17) is 5.26 Å². The number of ether oxygens (including phenoxy) is 1. The third-order valence-corrected chi connectivity index (χ3v) is 1.07. The van der Waals surface area contributed by atoms with Crippen molar-refractivity contribution < 1.29 is 13.5 Å². The van der Waals surface area contributed by atoms with Gasteiger partial charge in [0.15, 0.2) is 0 Å². The molecule has 1 rings (SSSR count). The van der Waals surface area contributed by atoms with Gasteiger partial charge in [0.05, 0.1) is 11.6 Å². The normalized spacial score (nSPS) is 9.50. The number of aromatic nitrogens is 1. The molecule has 0 radical (unpaired) electrons. The van der Waals surface area contributed by atoms with Gasteiger partial charge in [0, 0.05) is 12.3 Å². The van der Waals surface area contributed by atoms with Crippen molar-refractivity contribution in [3.8, 4) is 11.9 Å². The van der Waals surface area contributed by atoms with Crippen LogP contribution in [-0.4, -0.2) is 11.6 Å². The van der Waals surface area contributed by atoms with Gasteiger partial charge in [-0.2, -0.15) is 14.0 Å². The Bertz CT molecular complexity index is 309. The SMILES string of the molecule is N#Cc1ccnc(OC(F)F)c1. The first kappa shape index (κ1) is 8.40. The second kappa shape index (κ2) is 3.62. The average Bonchev–Trinajstić information content (AvgIpc) is 2.03. The summed E-state index contributed by atoms with van der Waals surface area (Å²) in [5.74, 6) is -0.246. The van der Waals surface area contributed by atoms with Gasteiger partial charge in [0.1, 0.15) is 0 Å². The maximum atomic E-state index is 11.6. The topological polar surface area (TPSA) is 45.9 Å². The summed E-state index contributed by atoms with van der Waals surface area (Å²) in [5, 5.41) is 8.38. The second-order valence-corrected chi connectivity index (χ2v) is 1.87. The molecule has 0 spiro atoms. The van der Waals surface area contributed by atoms with E-state index >= 15 is 0 Å². The number of nitriles is 1. The zero-order valence-electron chi connectivity index (χ0n) is 5.87. The minimum absolute atomic E-state index is 0.237. The molecule has 0 fully saturated rings. The molecule has 0 unspecified atom stereocenters. The molecule has 0 aromatic carbocycles. The number of rotatable bonds is 2. The van der Waals surface area contributed by atoms with Crippen molar-refractivity contribution in [1.82, 2.24) is 4.98 Å². The number of pyridine rings is 1. The first-order valence-corrected chi connectivity index (χ1v) is 3.03. The predicted molar refractivity (Wildman–Crippen MR) is 35.6 cm³/mol. The Balaban J connectivity index is 2.81. The highest BCUT2D eigenvalue weighted by Crippen LogP contribution is 2.10. The molecule has 0 bridgehead atoms. The molecule has 3 nitrogen and oxygen atoms in total. The van der Waals surface area contributed by atoms with Crippen molar-refractivity contribution in [2.45, 2.75) is 6.61 Å². The fourth-order valence-electron chi connectivity index (χ4n) is 0.635. The Labute approximate surface area is 67.2 Å². The molecule has 0 aliphatic rings. The minimum Gasteiger partial charge on any atom is -0.417 e. The van der Waals surface area contributed by atoms with Gasteiger partial charge in [0.25, 0.3) is 0 Å². The summed E-state index contributed by atoms with van der Waals surface area (Å²) < 4.78 is 27.2. The molecule has 12 heavy (non-hydrogen) atoms. The molecule has 1 aromatic heterocycles. The summed E-state index contributed by atoms with van der Waals surface area (Å²) >= 11 is 0. The first-order chi connectivity index (χ1) is 5.72. The fraction of sp³-hybridized carbons (Fsp3) is 0.143. The molecule has 0 saturated carbocycles. The summed E-state index contributed by atoms with van der Waals surface area (Å²) in [6.45, 7) is -2.91. The second-order valence-electron chi connectivity index (χ2n) is 1.87. The van der Waals surface area contributed by atoms with Crippen LogP contribution in [0.3, 0.4) is 0 Å². The van der Waals surface area contributed by atoms with Crippen molar-refractivity contribution in [1.29, 1.82) is 5.26 Å². The lowest BCUT2D eigenvalue weighted by molar-refractivity contribution is -0.0528. The van der Waals surface area contributed by atoms with Crippen LogP contribution in [0.5, 0.6) is 5.88 Å². The minimum atomic E-state index is -2.91. The maximum absolute atomic E-state index is 11.6. The van der Waals surface area contributed by atoms with Gasteiger partial charge in [-0.25, -0.2) is 4.98 Å². The largest absolute Gasteiger partial charge is 0.417 e. The first-order valence-electron chi connectivity index (χ1n) is 3.03. The van der Waals surface area contributed by atoms with Crippen molar-refractivity contribution >= 4 is 0 Å². The zero-order chi connectivity index (χ0) is 8.97. The summed E-state index contributed by atoms with van der Waals surface area (Å²) in [6.07, 6.45) is 1.23. The Hall–Kier alpha value is -1.70. The maximum Gasteiger partial charge on any atom is 0.388 e. The summed E-state index contributed by atoms with van der Waals surface area (Å²) in [6, 6.07) is 4.32. The van der Waals surface area contributed by atoms with E-state index in [0.717, 1.165) is 6.07 Å². The molecule has 1 heterocycles. The summed E-state index contributed by atoms with van der Waals surface area (Å²) in [4.78, 5) is 3.47. The quantitative estimate of drug-likeness (QED) is 0.676. The van der Waals surface area contributed by atoms with E-state index in [0.29, 0.717) is 0 Å². The molecular weight excluding hydrogens is 166 g/mol. The van der Waals surface area contributed by atoms with Crippen LogP contribution in [0.25, 0.3) is 0 Å². The van der Waals surface area contributed by atoms with Crippen molar-refractivity contribution in [2.75, 3.05) is 0 Å². The third-order valence-electron chi connectivity index (χ3n) is 1.07. The monoisotopic (exact) mass is 170 g/mol. The predicted octanol–water partition coefficient (Wildman–Crippen LogP) is 1.55. The number of hydrogen-bond donors (Lipinski definition) is 0. The van der Waals surface area contributed by atoms with Crippen molar-refractivity contribution in [3.63, 3.8) is 0 Å². The van der Waals surface area contributed by atoms with Crippen LogP contribution in [0.4, 0.5) is 8.78 Å². The molecule has 0 N–H and O–H groups in total. The molecule has 0 aliphatic carbocycles. The molecule has 1 aromatic rings. The van der Waals surface area contributed by atoms with Crippen LogP contribution in [0.15, 0.2) is 18.3 Å². The lowest BCUT2D eigenvalue weighted by Gasteiger charge is -2.01. The van der Waals surface area contributed by atoms with E-state index in [-0.39, 0.29) is 11.4 Å². The van der Waals surface area contributed by atoms with E-state index in [1.807, 2.05) is 0 Å². The highest BCUT2D eigenvalue weighted by atomic mass is 19.3. The Morgan fingerprint density at radius 2 is 2.33 bits per heavy atom. The van der Waals surface area contributed by atoms with Gasteiger partial charge in [-0.1, -0.05) is 0 Å². The van der Waals surface area contributed by atoms with E-state index in [1.165, 1.54) is 12.3 Å². The lowest BCUT2D eigenvalue weighted by atomic mass is 10.3. The zero-order valence-corrected chi connectivity index (χ0v) is 5.87. The molecule has 5 heteroatoms. The Morgan fingerprint density at radius 1 is 1.58 bits per heavy atom. The van der Waals surface area contributed by atoms with Crippen molar-refractivity contribution in [3.05, 3.63) is 23.9 Å². The summed E-state index contributed by atoms with van der Waals surface area (Å²) in [5.41, 5.74) is 0.237. The molecule has 0 atom stereocenters. The highest BCUT2D eigenvalue weighted by Gasteiger charge is 2.04. The Morgan fingerprint density at radius 3 is 2.92 bits per heavy atom. The van der Waals surface area contributed by atoms with Gasteiger partial charge < -0.3 is 4.74 Å². The van der Waals surface area contributed by atoms with Gasteiger partial charge in [0.2, 0.25) is 5.88 Å². The van der Waals surface area contributed by atoms with Crippen LogP contribution >= 0.6 is 0 Å². The highest BCUT2D eigenvalue weighted by molar-refractivity contribution is 5.31. The third kappa shape index (κ3) is 2.16. The number of hydrogen-bond acceptors (Lipinski definition) is 3. The molecule has 0 amide bonds. The number of nitrogens with zero attached hydrogens (tertiary/aromatic N) is 2. The lowest BCUT2D eigenvalue weighted by Crippen LogP contribution is -2.03. The molecule has 62 valence electrons. The van der Waals surface area contributed by atoms with Gasteiger partial charge in [-0.15, -0.1) is 0 Å². The standard InChI is InChI=1S/C7H4F2N2O/c8-7(9)12-6-3-5(4-10)1-2-11-6/h1-3,7H. The van der Waals surface area contributed by atoms with Crippen molar-refractivity contribution in [2.24, 2.45) is 0 Å². The summed E-state index contributed by atoms with van der Waals surface area (Å²) in [7, 11) is 0. The fourth-order valence-corrected chi connectivity index (χ4v) is 0.635. The van der Waals surface area contributed by atoms with Gasteiger partial charge in [-0.3, -0.25) is 0 Å². The van der Waals surface area contributed by atoms with Crippen LogP contribution in [0, 0.1) is 11.3 Å². The van der Waals surface area contributed by atoms with Gasteiger partial charge in [-0.05, 0) is 6.07 Å². The number of alkyl halides is 2. The number of halogens is 2. The Kier molecular flexibility index (Phi) is 2.53. The van der Waals surface area contributed by atoms with Crippen LogP contribution in [-0.2, 0) is 0 Å². The van der Waals surface area contributed by atoms with Crippen LogP contribution in [0.2, 0.25) is 0 Å². The smallest absolute Gasteiger partial charge is 0.388 e. The van der Waals surface area contributed by atoms with Crippen LogP contribution < -0.4 is 4.74 Å². The van der Waals surface area contributed by atoms with E-state index in [9.17, 15) is 8.78 Å². The van der Waals surface area contributed by atoms with Gasteiger partial charge >= 0.3 is 6.61 Å². The average molecular weight is 170 g/mol. The molecular formula is C7H4F2N2O. The molecule has 0 saturated heterocycles. The van der Waals surface area contributed by atoms with Crippen LogP contribution in [0.1, 0.15) is 5.56 Å². The van der Waals surface area contributed by atoms with E-state index < -0.39 is 6.61 Å². The van der Waals surface area contributed by atoms with E-state index in [1.54, 1.807) is 6.07 Å². The van der Waals surface area contributed by atoms with E-state index in [2.05, 4.69) is 9.72 Å².